The molecular weight excluding hydrogens is 162 g/mol. The number of thiazole rings is 1. The minimum absolute atomic E-state index is 0.0600. The molecule has 0 amide bonds. The fourth-order valence-electron chi connectivity index (χ4n) is 0.663. The van der Waals surface area contributed by atoms with Crippen LogP contribution in [-0.2, 0) is 11.3 Å². The third-order valence-electron chi connectivity index (χ3n) is 1.17. The van der Waals surface area contributed by atoms with E-state index >= 15 is 0 Å². The van der Waals surface area contributed by atoms with E-state index in [-0.39, 0.29) is 5.78 Å². The molecule has 0 saturated carbocycles. The van der Waals surface area contributed by atoms with Gasteiger partial charge >= 0.3 is 0 Å². The number of carbonyl (C=O) groups excluding carboxylic acids is 1. The number of methoxy groups -OCH3 is 1. The molecule has 0 atom stereocenters. The number of hydrogen-bond donors (Lipinski definition) is 0. The van der Waals surface area contributed by atoms with E-state index in [0.29, 0.717) is 11.5 Å². The van der Waals surface area contributed by atoms with Gasteiger partial charge in [-0.2, -0.15) is 0 Å². The smallest absolute Gasteiger partial charge is 0.171 e. The molecule has 0 aromatic carbocycles. The lowest BCUT2D eigenvalue weighted by molar-refractivity contribution is 0.102. The van der Waals surface area contributed by atoms with Gasteiger partial charge in [-0.1, -0.05) is 0 Å². The molecule has 0 aliphatic carbocycles. The monoisotopic (exact) mass is 171 g/mol. The van der Waals surface area contributed by atoms with Crippen molar-refractivity contribution in [3.05, 3.63) is 16.1 Å². The minimum Gasteiger partial charge on any atom is -0.378 e. The highest BCUT2D eigenvalue weighted by Crippen LogP contribution is 2.13. The van der Waals surface area contributed by atoms with Crippen molar-refractivity contribution in [2.24, 2.45) is 0 Å². The van der Waals surface area contributed by atoms with Crippen LogP contribution in [0, 0.1) is 0 Å². The number of hydrogen-bond acceptors (Lipinski definition) is 4. The first-order valence-corrected chi connectivity index (χ1v) is 4.00. The molecule has 0 N–H and O–H groups in total. The van der Waals surface area contributed by atoms with Gasteiger partial charge in [0.1, 0.15) is 5.01 Å². The van der Waals surface area contributed by atoms with Gasteiger partial charge in [0.2, 0.25) is 0 Å². The zero-order valence-electron chi connectivity index (χ0n) is 6.46. The Hall–Kier alpha value is -0.740. The maximum Gasteiger partial charge on any atom is 0.171 e. The number of carbonyl (C=O) groups is 1. The molecule has 0 aliphatic heterocycles. The molecule has 0 fully saturated rings. The second-order valence-electron chi connectivity index (χ2n) is 2.11. The molecule has 11 heavy (non-hydrogen) atoms. The molecule has 60 valence electrons. The van der Waals surface area contributed by atoms with E-state index in [4.69, 9.17) is 4.74 Å². The lowest BCUT2D eigenvalue weighted by Crippen LogP contribution is -1.84. The third kappa shape index (κ3) is 2.10. The SMILES string of the molecule is COCc1ncc(C(C)=O)s1. The standard InChI is InChI=1S/C7H9NO2S/c1-5(9)6-3-8-7(11-6)4-10-2/h3H,4H2,1-2H3. The predicted molar refractivity (Wildman–Crippen MR) is 42.8 cm³/mol. The molecule has 0 spiro atoms. The summed E-state index contributed by atoms with van der Waals surface area (Å²) < 4.78 is 4.86. The number of Topliss-reactive ketones (excluding diaryl/α,β-unsaturated/α-hetero) is 1. The molecule has 0 saturated heterocycles. The number of ketones is 1. The Kier molecular flexibility index (Phi) is 2.73. The maximum absolute atomic E-state index is 10.8. The van der Waals surface area contributed by atoms with E-state index in [2.05, 4.69) is 4.98 Å². The molecule has 0 radical (unpaired) electrons. The van der Waals surface area contributed by atoms with E-state index in [1.165, 1.54) is 18.3 Å². The molecule has 0 unspecified atom stereocenters. The summed E-state index contributed by atoms with van der Waals surface area (Å²) in [4.78, 5) is 15.5. The molecular formula is C7H9NO2S. The maximum atomic E-state index is 10.8. The summed E-state index contributed by atoms with van der Waals surface area (Å²) >= 11 is 1.38. The van der Waals surface area contributed by atoms with Crippen LogP contribution in [0.4, 0.5) is 0 Å². The Morgan fingerprint density at radius 1 is 1.82 bits per heavy atom. The van der Waals surface area contributed by atoms with Crippen molar-refractivity contribution in [3.63, 3.8) is 0 Å². The molecule has 1 heterocycles. The van der Waals surface area contributed by atoms with Crippen LogP contribution in [0.3, 0.4) is 0 Å². The zero-order chi connectivity index (χ0) is 8.27. The molecule has 4 heteroatoms. The van der Waals surface area contributed by atoms with E-state index in [0.717, 1.165) is 5.01 Å². The van der Waals surface area contributed by atoms with Gasteiger partial charge in [0, 0.05) is 20.2 Å². The number of rotatable bonds is 3. The molecule has 1 aromatic rings. The molecule has 0 bridgehead atoms. The summed E-state index contributed by atoms with van der Waals surface area (Å²) in [6.45, 7) is 2.02. The second-order valence-corrected chi connectivity index (χ2v) is 3.22. The first-order valence-electron chi connectivity index (χ1n) is 3.18. The molecule has 3 nitrogen and oxygen atoms in total. The molecule has 1 aromatic heterocycles. The summed E-state index contributed by atoms with van der Waals surface area (Å²) in [5, 5.41) is 0.845. The number of nitrogens with zero attached hydrogens (tertiary/aromatic N) is 1. The number of ether oxygens (including phenoxy) is 1. The predicted octanol–water partition coefficient (Wildman–Crippen LogP) is 1.49. The Morgan fingerprint density at radius 2 is 2.55 bits per heavy atom. The summed E-state index contributed by atoms with van der Waals surface area (Å²) in [5.41, 5.74) is 0. The van der Waals surface area contributed by atoms with E-state index in [1.54, 1.807) is 13.3 Å². The van der Waals surface area contributed by atoms with E-state index in [1.807, 2.05) is 0 Å². The third-order valence-corrected chi connectivity index (χ3v) is 2.24. The summed E-state index contributed by atoms with van der Waals surface area (Å²) in [5.74, 6) is 0.0600. The largest absolute Gasteiger partial charge is 0.378 e. The van der Waals surface area contributed by atoms with Crippen LogP contribution in [0.25, 0.3) is 0 Å². The Bertz CT molecular complexity index is 257. The van der Waals surface area contributed by atoms with Gasteiger partial charge in [-0.3, -0.25) is 4.79 Å². The molecule has 0 aliphatic rings. The van der Waals surface area contributed by atoms with Crippen molar-refractivity contribution >= 4 is 17.1 Å². The minimum atomic E-state index is 0.0600. The van der Waals surface area contributed by atoms with Gasteiger partial charge in [0.25, 0.3) is 0 Å². The first kappa shape index (κ1) is 8.36. The van der Waals surface area contributed by atoms with Crippen molar-refractivity contribution in [1.82, 2.24) is 4.98 Å². The van der Waals surface area contributed by atoms with E-state index in [9.17, 15) is 4.79 Å². The topological polar surface area (TPSA) is 39.2 Å². The summed E-state index contributed by atoms with van der Waals surface area (Å²) in [7, 11) is 1.61. The van der Waals surface area contributed by atoms with Crippen molar-refractivity contribution in [1.29, 1.82) is 0 Å². The van der Waals surface area contributed by atoms with Crippen LogP contribution >= 0.6 is 11.3 Å². The van der Waals surface area contributed by atoms with Crippen LogP contribution in [0.15, 0.2) is 6.20 Å². The van der Waals surface area contributed by atoms with Crippen LogP contribution < -0.4 is 0 Å². The molecule has 1 rings (SSSR count). The average molecular weight is 171 g/mol. The van der Waals surface area contributed by atoms with Gasteiger partial charge in [0.05, 0.1) is 11.5 Å². The van der Waals surface area contributed by atoms with Crippen LogP contribution in [0.2, 0.25) is 0 Å². The second kappa shape index (κ2) is 3.59. The highest BCUT2D eigenvalue weighted by Gasteiger charge is 2.04. The fourth-order valence-corrected chi connectivity index (χ4v) is 1.45. The van der Waals surface area contributed by atoms with Crippen LogP contribution in [0.1, 0.15) is 21.6 Å². The average Bonchev–Trinajstić information content (AvgIpc) is 2.37. The van der Waals surface area contributed by atoms with Crippen LogP contribution in [-0.4, -0.2) is 17.9 Å². The van der Waals surface area contributed by atoms with E-state index < -0.39 is 0 Å². The Labute approximate surface area is 69.0 Å². The van der Waals surface area contributed by atoms with Crippen molar-refractivity contribution in [2.45, 2.75) is 13.5 Å². The van der Waals surface area contributed by atoms with Gasteiger partial charge in [-0.25, -0.2) is 4.98 Å². The van der Waals surface area contributed by atoms with Crippen molar-refractivity contribution < 1.29 is 9.53 Å². The Balaban J connectivity index is 2.73. The van der Waals surface area contributed by atoms with Crippen LogP contribution in [0.5, 0.6) is 0 Å². The van der Waals surface area contributed by atoms with Gasteiger partial charge in [-0.15, -0.1) is 11.3 Å². The van der Waals surface area contributed by atoms with Gasteiger partial charge in [-0.05, 0) is 0 Å². The van der Waals surface area contributed by atoms with Gasteiger partial charge in [0.15, 0.2) is 5.78 Å². The van der Waals surface area contributed by atoms with Gasteiger partial charge < -0.3 is 4.74 Å². The summed E-state index contributed by atoms with van der Waals surface area (Å²) in [6, 6.07) is 0. The van der Waals surface area contributed by atoms with Crippen molar-refractivity contribution in [3.8, 4) is 0 Å². The number of aromatic nitrogens is 1. The quantitative estimate of drug-likeness (QED) is 0.647. The lowest BCUT2D eigenvalue weighted by atomic mass is 10.4. The fraction of sp³-hybridized carbons (Fsp3) is 0.429. The normalized spacial score (nSPS) is 10.0. The highest BCUT2D eigenvalue weighted by atomic mass is 32.1. The first-order chi connectivity index (χ1) is 5.24. The van der Waals surface area contributed by atoms with Crippen molar-refractivity contribution in [2.75, 3.05) is 7.11 Å². The zero-order valence-corrected chi connectivity index (χ0v) is 7.27. The lowest BCUT2D eigenvalue weighted by Gasteiger charge is -1.88. The Morgan fingerprint density at radius 3 is 3.00 bits per heavy atom. The highest BCUT2D eigenvalue weighted by molar-refractivity contribution is 7.13. The summed E-state index contributed by atoms with van der Waals surface area (Å²) in [6.07, 6.45) is 1.58.